The highest BCUT2D eigenvalue weighted by Gasteiger charge is 2.30. The van der Waals surface area contributed by atoms with Crippen LogP contribution in [0.3, 0.4) is 0 Å². The number of hydrogen-bond acceptors (Lipinski definition) is 2. The van der Waals surface area contributed by atoms with Crippen molar-refractivity contribution in [1.29, 1.82) is 0 Å². The summed E-state index contributed by atoms with van der Waals surface area (Å²) in [7, 11) is 0. The van der Waals surface area contributed by atoms with Gasteiger partial charge in [0.25, 0.3) is 0 Å². The highest BCUT2D eigenvalue weighted by atomic mass is 16.3. The van der Waals surface area contributed by atoms with Gasteiger partial charge in [-0.15, -0.1) is 0 Å². The van der Waals surface area contributed by atoms with Crippen LogP contribution >= 0.6 is 0 Å². The van der Waals surface area contributed by atoms with Gasteiger partial charge < -0.3 is 10.4 Å². The van der Waals surface area contributed by atoms with Gasteiger partial charge in [-0.05, 0) is 30.7 Å². The lowest BCUT2D eigenvalue weighted by Gasteiger charge is -2.35. The van der Waals surface area contributed by atoms with Crippen molar-refractivity contribution in [3.8, 4) is 0 Å². The fourth-order valence-corrected chi connectivity index (χ4v) is 1.86. The molecule has 0 saturated carbocycles. The monoisotopic (exact) mass is 171 g/mol. The maximum Gasteiger partial charge on any atom is 0.0628 e. The molecule has 0 aliphatic carbocycles. The largest absolute Gasteiger partial charge is 0.392 e. The number of hydrogen-bond donors (Lipinski definition) is 2. The van der Waals surface area contributed by atoms with E-state index < -0.39 is 0 Å². The molecule has 0 spiro atoms. The Balaban J connectivity index is 2.45. The van der Waals surface area contributed by atoms with Crippen molar-refractivity contribution in [2.24, 2.45) is 11.3 Å². The van der Waals surface area contributed by atoms with E-state index in [1.165, 1.54) is 12.8 Å². The average Bonchev–Trinajstić information content (AvgIpc) is 2.03. The summed E-state index contributed by atoms with van der Waals surface area (Å²) in [6.45, 7) is 8.41. The van der Waals surface area contributed by atoms with Crippen molar-refractivity contribution >= 4 is 0 Å². The highest BCUT2D eigenvalue weighted by molar-refractivity contribution is 4.83. The van der Waals surface area contributed by atoms with Crippen LogP contribution in [0, 0.1) is 11.3 Å². The van der Waals surface area contributed by atoms with Gasteiger partial charge in [0.05, 0.1) is 6.10 Å². The minimum Gasteiger partial charge on any atom is -0.392 e. The molecule has 1 aliphatic heterocycles. The molecule has 2 atom stereocenters. The number of piperidine rings is 1. The molecule has 1 fully saturated rings. The first-order valence-electron chi connectivity index (χ1n) is 4.90. The Morgan fingerprint density at radius 3 is 2.50 bits per heavy atom. The fourth-order valence-electron chi connectivity index (χ4n) is 1.86. The van der Waals surface area contributed by atoms with Crippen LogP contribution in [0.5, 0.6) is 0 Å². The molecule has 72 valence electrons. The van der Waals surface area contributed by atoms with Gasteiger partial charge in [-0.3, -0.25) is 0 Å². The van der Waals surface area contributed by atoms with Gasteiger partial charge in [0, 0.05) is 6.54 Å². The van der Waals surface area contributed by atoms with Crippen molar-refractivity contribution in [3.05, 3.63) is 0 Å². The first-order chi connectivity index (χ1) is 5.52. The second kappa shape index (κ2) is 3.75. The lowest BCUT2D eigenvalue weighted by atomic mass is 9.78. The van der Waals surface area contributed by atoms with Crippen molar-refractivity contribution < 1.29 is 5.11 Å². The molecule has 1 saturated heterocycles. The number of aliphatic hydroxyl groups is 1. The zero-order valence-corrected chi connectivity index (χ0v) is 8.43. The lowest BCUT2D eigenvalue weighted by Crippen LogP contribution is -2.42. The zero-order chi connectivity index (χ0) is 9.19. The van der Waals surface area contributed by atoms with Crippen LogP contribution in [-0.4, -0.2) is 24.3 Å². The van der Waals surface area contributed by atoms with E-state index in [0.29, 0.717) is 5.92 Å². The maximum atomic E-state index is 9.97. The van der Waals surface area contributed by atoms with E-state index in [0.717, 1.165) is 13.1 Å². The molecule has 1 heterocycles. The summed E-state index contributed by atoms with van der Waals surface area (Å²) >= 11 is 0. The van der Waals surface area contributed by atoms with Crippen LogP contribution in [0.2, 0.25) is 0 Å². The SMILES string of the molecule is CC(C)(C)C(O)C1CCCNC1. The topological polar surface area (TPSA) is 32.3 Å². The number of aliphatic hydroxyl groups excluding tert-OH is 1. The van der Waals surface area contributed by atoms with Crippen LogP contribution in [0.25, 0.3) is 0 Å². The summed E-state index contributed by atoms with van der Waals surface area (Å²) in [5, 5.41) is 13.3. The van der Waals surface area contributed by atoms with E-state index >= 15 is 0 Å². The van der Waals surface area contributed by atoms with E-state index in [4.69, 9.17) is 0 Å². The molecule has 2 nitrogen and oxygen atoms in total. The van der Waals surface area contributed by atoms with E-state index in [-0.39, 0.29) is 11.5 Å². The molecule has 0 amide bonds. The summed E-state index contributed by atoms with van der Waals surface area (Å²) in [6.07, 6.45) is 2.22. The van der Waals surface area contributed by atoms with Gasteiger partial charge >= 0.3 is 0 Å². The first kappa shape index (κ1) is 10.0. The van der Waals surface area contributed by atoms with Crippen LogP contribution in [0.15, 0.2) is 0 Å². The van der Waals surface area contributed by atoms with Crippen molar-refractivity contribution in [2.75, 3.05) is 13.1 Å². The van der Waals surface area contributed by atoms with Crippen LogP contribution < -0.4 is 5.32 Å². The highest BCUT2D eigenvalue weighted by Crippen LogP contribution is 2.28. The summed E-state index contributed by atoms with van der Waals surface area (Å²) in [6, 6.07) is 0. The molecule has 0 aromatic rings. The van der Waals surface area contributed by atoms with E-state index in [9.17, 15) is 5.11 Å². The molecule has 1 rings (SSSR count). The van der Waals surface area contributed by atoms with Crippen molar-refractivity contribution in [3.63, 3.8) is 0 Å². The average molecular weight is 171 g/mol. The lowest BCUT2D eigenvalue weighted by molar-refractivity contribution is 0.00312. The Morgan fingerprint density at radius 1 is 1.42 bits per heavy atom. The van der Waals surface area contributed by atoms with Crippen molar-refractivity contribution in [2.45, 2.75) is 39.7 Å². The molecule has 0 radical (unpaired) electrons. The molecule has 0 aromatic carbocycles. The minimum atomic E-state index is -0.162. The second-order valence-electron chi connectivity index (χ2n) is 4.92. The Labute approximate surface area is 75.4 Å². The van der Waals surface area contributed by atoms with Crippen LogP contribution in [0.4, 0.5) is 0 Å². The smallest absolute Gasteiger partial charge is 0.0628 e. The van der Waals surface area contributed by atoms with Gasteiger partial charge in [0.15, 0.2) is 0 Å². The Kier molecular flexibility index (Phi) is 3.13. The molecule has 0 aromatic heterocycles. The summed E-state index contributed by atoms with van der Waals surface area (Å²) < 4.78 is 0. The third-order valence-corrected chi connectivity index (χ3v) is 2.67. The van der Waals surface area contributed by atoms with Gasteiger partial charge in [-0.2, -0.15) is 0 Å². The van der Waals surface area contributed by atoms with Crippen LogP contribution in [0.1, 0.15) is 33.6 Å². The third kappa shape index (κ3) is 2.46. The van der Waals surface area contributed by atoms with Crippen molar-refractivity contribution in [1.82, 2.24) is 5.32 Å². The Hall–Kier alpha value is -0.0800. The molecule has 2 N–H and O–H groups in total. The van der Waals surface area contributed by atoms with Crippen LogP contribution in [-0.2, 0) is 0 Å². The molecular formula is C10H21NO. The number of nitrogens with one attached hydrogen (secondary N) is 1. The summed E-state index contributed by atoms with van der Waals surface area (Å²) in [5.41, 5.74) is 0.0314. The van der Waals surface area contributed by atoms with Gasteiger partial charge in [-0.25, -0.2) is 0 Å². The molecular weight excluding hydrogens is 150 g/mol. The number of rotatable bonds is 1. The molecule has 1 aliphatic rings. The maximum absolute atomic E-state index is 9.97. The van der Waals surface area contributed by atoms with E-state index in [2.05, 4.69) is 26.1 Å². The summed E-state index contributed by atoms with van der Waals surface area (Å²) in [4.78, 5) is 0. The second-order valence-corrected chi connectivity index (χ2v) is 4.92. The van der Waals surface area contributed by atoms with E-state index in [1.807, 2.05) is 0 Å². The van der Waals surface area contributed by atoms with E-state index in [1.54, 1.807) is 0 Å². The molecule has 12 heavy (non-hydrogen) atoms. The molecule has 0 bridgehead atoms. The van der Waals surface area contributed by atoms with Gasteiger partial charge in [0.2, 0.25) is 0 Å². The normalized spacial score (nSPS) is 28.5. The third-order valence-electron chi connectivity index (χ3n) is 2.67. The Morgan fingerprint density at radius 2 is 2.08 bits per heavy atom. The van der Waals surface area contributed by atoms with Gasteiger partial charge in [-0.1, -0.05) is 20.8 Å². The predicted molar refractivity (Wildman–Crippen MR) is 51.1 cm³/mol. The minimum absolute atomic E-state index is 0.0314. The standard InChI is InChI=1S/C10H21NO/c1-10(2,3)9(12)8-5-4-6-11-7-8/h8-9,11-12H,4-7H2,1-3H3. The summed E-state index contributed by atoms with van der Waals surface area (Å²) in [5.74, 6) is 0.457. The molecule has 2 heteroatoms. The molecule has 2 unspecified atom stereocenters. The Bertz CT molecular complexity index is 133. The zero-order valence-electron chi connectivity index (χ0n) is 8.43. The quantitative estimate of drug-likeness (QED) is 0.625. The first-order valence-corrected chi connectivity index (χ1v) is 4.90. The predicted octanol–water partition coefficient (Wildman–Crippen LogP) is 1.39. The van der Waals surface area contributed by atoms with Gasteiger partial charge in [0.1, 0.15) is 0 Å². The fraction of sp³-hybridized carbons (Fsp3) is 1.00.